The van der Waals surface area contributed by atoms with Crippen molar-refractivity contribution in [2.24, 2.45) is 4.99 Å². The highest BCUT2D eigenvalue weighted by molar-refractivity contribution is 7.15. The molecule has 2 aromatic heterocycles. The summed E-state index contributed by atoms with van der Waals surface area (Å²) in [6.45, 7) is 7.64. The molecule has 0 bridgehead atoms. The van der Waals surface area contributed by atoms with Crippen LogP contribution in [0, 0.1) is 20.8 Å². The highest BCUT2D eigenvalue weighted by Crippen LogP contribution is 2.39. The van der Waals surface area contributed by atoms with Crippen molar-refractivity contribution in [3.8, 4) is 16.5 Å². The summed E-state index contributed by atoms with van der Waals surface area (Å²) in [4.78, 5) is 43.8. The molecular weight excluding hydrogens is 748 g/mol. The number of ether oxygens (including phenoxy) is 2. The lowest BCUT2D eigenvalue weighted by molar-refractivity contribution is -0.122. The van der Waals surface area contributed by atoms with Crippen molar-refractivity contribution in [3.63, 3.8) is 0 Å². The van der Waals surface area contributed by atoms with Crippen LogP contribution < -0.4 is 15.4 Å². The summed E-state index contributed by atoms with van der Waals surface area (Å²) in [5.74, 6) is 1.68. The monoisotopic (exact) mass is 792 g/mol. The molecule has 2 aliphatic rings. The lowest BCUT2D eigenvalue weighted by atomic mass is 9.99. The Kier molecular flexibility index (Phi) is 12.4. The minimum Gasteiger partial charge on any atom is -0.457 e. The lowest BCUT2D eigenvalue weighted by Gasteiger charge is -2.18. The molecule has 7 rings (SSSR count). The highest BCUT2D eigenvalue weighted by atomic mass is 35.5. The number of thiophene rings is 1. The number of aryl methyl sites for hydroxylation is 3. The Balaban J connectivity index is 0.822. The van der Waals surface area contributed by atoms with Gasteiger partial charge < -0.3 is 14.8 Å². The molecule has 0 fully saturated rings. The first kappa shape index (κ1) is 39.1. The number of aliphatic imine (C=N–C) groups is 1. The Bertz CT molecular complexity index is 2280. The molecule has 56 heavy (non-hydrogen) atoms. The van der Waals surface area contributed by atoms with Gasteiger partial charge in [0, 0.05) is 34.2 Å². The van der Waals surface area contributed by atoms with Gasteiger partial charge >= 0.3 is 0 Å². The first-order chi connectivity index (χ1) is 27.2. The van der Waals surface area contributed by atoms with Crippen LogP contribution in [0.15, 0.2) is 71.7 Å². The number of carbonyl (C=O) groups excluding carboxylic acids is 3. The third kappa shape index (κ3) is 8.93. The fraction of sp³-hybridized carbons (Fsp3) is 0.349. The summed E-state index contributed by atoms with van der Waals surface area (Å²) in [5, 5.41) is 15.9. The minimum atomic E-state index is -0.516. The van der Waals surface area contributed by atoms with Gasteiger partial charge in [0.25, 0.3) is 5.91 Å². The molecular formula is C43H45ClN6O5S. The van der Waals surface area contributed by atoms with Crippen LogP contribution in [0.1, 0.15) is 99.3 Å². The molecule has 290 valence electrons. The topological polar surface area (TPSA) is 137 Å². The molecule has 0 aliphatic carbocycles. The normalized spacial score (nSPS) is 14.6. The summed E-state index contributed by atoms with van der Waals surface area (Å²) in [6, 6.07) is 20.4. The molecule has 0 saturated carbocycles. The molecule has 3 aromatic carbocycles. The van der Waals surface area contributed by atoms with Gasteiger partial charge in [-0.1, -0.05) is 67.3 Å². The molecule has 0 saturated heterocycles. The number of aromatic nitrogens is 3. The molecule has 3 amide bonds. The van der Waals surface area contributed by atoms with E-state index in [-0.39, 0.29) is 24.7 Å². The lowest BCUT2D eigenvalue weighted by Crippen LogP contribution is -2.37. The number of amides is 3. The van der Waals surface area contributed by atoms with Crippen molar-refractivity contribution in [1.29, 1.82) is 0 Å². The van der Waals surface area contributed by atoms with Crippen molar-refractivity contribution >= 4 is 46.4 Å². The Hall–Kier alpha value is -5.17. The van der Waals surface area contributed by atoms with Gasteiger partial charge in [0.05, 0.1) is 30.7 Å². The summed E-state index contributed by atoms with van der Waals surface area (Å²) in [5.41, 5.74) is 6.21. The number of imide groups is 1. The fourth-order valence-corrected chi connectivity index (χ4v) is 8.51. The van der Waals surface area contributed by atoms with E-state index in [1.165, 1.54) is 10.4 Å². The highest BCUT2D eigenvalue weighted by Gasteiger charge is 2.32. The van der Waals surface area contributed by atoms with Crippen molar-refractivity contribution in [2.45, 2.75) is 78.2 Å². The second-order valence-electron chi connectivity index (χ2n) is 14.2. The van der Waals surface area contributed by atoms with Crippen molar-refractivity contribution in [1.82, 2.24) is 25.4 Å². The molecule has 13 heteroatoms. The van der Waals surface area contributed by atoms with E-state index in [4.69, 9.17) is 26.1 Å². The number of rotatable bonds is 16. The zero-order valence-corrected chi connectivity index (χ0v) is 33.4. The van der Waals surface area contributed by atoms with E-state index in [1.807, 2.05) is 54.0 Å². The van der Waals surface area contributed by atoms with E-state index < -0.39 is 11.9 Å². The SMILES string of the molecule is Cc1sc2c(c1C)C(c1ccc(Cl)cc1)=N[C@@H](CC(=O)NCCOCCCCCCCc1cccc(Oc3cccc4c3C(=O)NC(=O)C4)c1)c1nnc(C)n1-2. The number of fused-ring (bicyclic) bond motifs is 4. The number of hydrogen-bond donors (Lipinski definition) is 2. The number of hydrogen-bond acceptors (Lipinski definition) is 9. The van der Waals surface area contributed by atoms with E-state index in [9.17, 15) is 14.4 Å². The zero-order valence-electron chi connectivity index (χ0n) is 31.8. The molecule has 4 heterocycles. The maximum atomic E-state index is 13.2. The van der Waals surface area contributed by atoms with Crippen molar-refractivity contribution in [3.05, 3.63) is 122 Å². The molecule has 2 N–H and O–H groups in total. The van der Waals surface area contributed by atoms with Gasteiger partial charge in [-0.25, -0.2) is 0 Å². The molecule has 2 aliphatic heterocycles. The summed E-state index contributed by atoms with van der Waals surface area (Å²) >= 11 is 7.91. The average Bonchev–Trinajstić information content (AvgIpc) is 3.65. The maximum Gasteiger partial charge on any atom is 0.261 e. The second-order valence-corrected chi connectivity index (χ2v) is 15.8. The van der Waals surface area contributed by atoms with Crippen LogP contribution in [0.5, 0.6) is 11.5 Å². The zero-order chi connectivity index (χ0) is 39.2. The van der Waals surface area contributed by atoms with Crippen LogP contribution >= 0.6 is 22.9 Å². The van der Waals surface area contributed by atoms with E-state index in [2.05, 4.69) is 40.7 Å². The quantitative estimate of drug-likeness (QED) is 0.0761. The van der Waals surface area contributed by atoms with Gasteiger partial charge in [-0.05, 0) is 87.1 Å². The smallest absolute Gasteiger partial charge is 0.261 e. The number of carbonyl (C=O) groups is 3. The molecule has 0 unspecified atom stereocenters. The molecule has 11 nitrogen and oxygen atoms in total. The Morgan fingerprint density at radius 3 is 2.57 bits per heavy atom. The Morgan fingerprint density at radius 2 is 1.73 bits per heavy atom. The predicted octanol–water partition coefficient (Wildman–Crippen LogP) is 8.12. The van der Waals surface area contributed by atoms with Gasteiger partial charge in [0.1, 0.15) is 28.4 Å². The van der Waals surface area contributed by atoms with Gasteiger partial charge in [0.15, 0.2) is 5.82 Å². The van der Waals surface area contributed by atoms with Gasteiger partial charge in [-0.3, -0.25) is 29.3 Å². The third-order valence-corrected chi connectivity index (χ3v) is 11.6. The largest absolute Gasteiger partial charge is 0.457 e. The maximum absolute atomic E-state index is 13.2. The van der Waals surface area contributed by atoms with Crippen LogP contribution in [-0.2, 0) is 27.2 Å². The Morgan fingerprint density at radius 1 is 0.946 bits per heavy atom. The van der Waals surface area contributed by atoms with Crippen molar-refractivity contribution < 1.29 is 23.9 Å². The second kappa shape index (κ2) is 17.7. The fourth-order valence-electron chi connectivity index (χ4n) is 7.17. The number of unbranched alkanes of at least 4 members (excludes halogenated alkanes) is 4. The first-order valence-electron chi connectivity index (χ1n) is 19.1. The molecule has 5 aromatic rings. The molecule has 1 atom stereocenters. The first-order valence-corrected chi connectivity index (χ1v) is 20.3. The summed E-state index contributed by atoms with van der Waals surface area (Å²) in [6.07, 6.45) is 6.51. The van der Waals surface area contributed by atoms with Crippen LogP contribution in [0.25, 0.3) is 5.00 Å². The van der Waals surface area contributed by atoms with Crippen LogP contribution in [0.4, 0.5) is 0 Å². The van der Waals surface area contributed by atoms with E-state index >= 15 is 0 Å². The predicted molar refractivity (Wildman–Crippen MR) is 218 cm³/mol. The van der Waals surface area contributed by atoms with Crippen LogP contribution in [0.2, 0.25) is 5.02 Å². The van der Waals surface area contributed by atoms with E-state index in [0.29, 0.717) is 53.2 Å². The summed E-state index contributed by atoms with van der Waals surface area (Å²) < 4.78 is 14.0. The molecule has 0 spiro atoms. The minimum absolute atomic E-state index is 0.121. The van der Waals surface area contributed by atoms with Gasteiger partial charge in [0.2, 0.25) is 11.8 Å². The third-order valence-electron chi connectivity index (χ3n) is 10.1. The molecule has 0 radical (unpaired) electrons. The number of benzene rings is 3. The average molecular weight is 793 g/mol. The van der Waals surface area contributed by atoms with Gasteiger partial charge in [-0.2, -0.15) is 0 Å². The number of nitrogens with one attached hydrogen (secondary N) is 2. The standard InChI is InChI=1S/C43H45ClN6O5S/c1-26-27(2)56-43-38(26)40(30-16-18-32(44)19-17-30)46-34(41-49-48-28(3)50(41)43)25-36(51)45-20-22-54-21-8-6-4-5-7-11-29-12-9-14-33(23-29)55-35-15-10-13-31-24-37(52)47-42(53)39(31)35/h9-10,12-19,23,34H,4-8,11,20-22,24-25H2,1-3H3,(H,45,51)(H,47,52,53)/t34-/m0/s1. The van der Waals surface area contributed by atoms with E-state index in [1.54, 1.807) is 29.5 Å². The van der Waals surface area contributed by atoms with Crippen LogP contribution in [0.3, 0.4) is 0 Å². The van der Waals surface area contributed by atoms with E-state index in [0.717, 1.165) is 71.8 Å². The number of nitrogens with zero attached hydrogens (tertiary/aromatic N) is 4. The number of halogens is 1. The Labute approximate surface area is 335 Å². The summed E-state index contributed by atoms with van der Waals surface area (Å²) in [7, 11) is 0. The van der Waals surface area contributed by atoms with Gasteiger partial charge in [-0.15, -0.1) is 21.5 Å². The van der Waals surface area contributed by atoms with Crippen molar-refractivity contribution in [2.75, 3.05) is 19.8 Å². The van der Waals surface area contributed by atoms with Crippen LogP contribution in [-0.4, -0.2) is 58.0 Å².